The Kier molecular flexibility index (Phi) is 5.06. The van der Waals surface area contributed by atoms with E-state index in [9.17, 15) is 9.90 Å². The fourth-order valence-electron chi connectivity index (χ4n) is 3.92. The molecule has 7 heteroatoms. The van der Waals surface area contributed by atoms with Crippen molar-refractivity contribution in [3.05, 3.63) is 95.9 Å². The van der Waals surface area contributed by atoms with Gasteiger partial charge in [-0.1, -0.05) is 36.4 Å². The van der Waals surface area contributed by atoms with E-state index in [1.54, 1.807) is 30.7 Å². The molecular formula is C26H21N5O2. The number of rotatable bonds is 5. The lowest BCUT2D eigenvalue weighted by molar-refractivity contribution is 0.0698. The summed E-state index contributed by atoms with van der Waals surface area (Å²) in [7, 11) is 0. The zero-order valence-corrected chi connectivity index (χ0v) is 18.1. The predicted molar refractivity (Wildman–Crippen MR) is 128 cm³/mol. The minimum atomic E-state index is -0.995. The van der Waals surface area contributed by atoms with Crippen molar-refractivity contribution in [1.82, 2.24) is 19.7 Å². The van der Waals surface area contributed by atoms with Crippen LogP contribution in [0, 0.1) is 13.8 Å². The molecule has 0 spiro atoms. The summed E-state index contributed by atoms with van der Waals surface area (Å²) in [6.07, 6.45) is 5.11. The highest BCUT2D eigenvalue weighted by molar-refractivity contribution is 5.97. The summed E-state index contributed by atoms with van der Waals surface area (Å²) in [4.78, 5) is 20.7. The summed E-state index contributed by atoms with van der Waals surface area (Å²) in [5.74, 6) is -0.324. The van der Waals surface area contributed by atoms with Crippen LogP contribution in [0.3, 0.4) is 0 Å². The van der Waals surface area contributed by atoms with Crippen molar-refractivity contribution in [1.29, 1.82) is 0 Å². The van der Waals surface area contributed by atoms with Gasteiger partial charge in [-0.25, -0.2) is 9.48 Å². The number of carbonyl (C=O) groups is 1. The van der Waals surface area contributed by atoms with Crippen LogP contribution < -0.4 is 5.32 Å². The van der Waals surface area contributed by atoms with Gasteiger partial charge in [-0.15, -0.1) is 0 Å². The van der Waals surface area contributed by atoms with Crippen LogP contribution in [-0.4, -0.2) is 30.8 Å². The van der Waals surface area contributed by atoms with Crippen LogP contribution in [0.2, 0.25) is 0 Å². The monoisotopic (exact) mass is 435 g/mol. The Morgan fingerprint density at radius 1 is 0.909 bits per heavy atom. The molecule has 7 nitrogen and oxygen atoms in total. The van der Waals surface area contributed by atoms with E-state index in [1.165, 1.54) is 0 Å². The first-order valence-corrected chi connectivity index (χ1v) is 10.5. The van der Waals surface area contributed by atoms with Crippen LogP contribution in [0.1, 0.15) is 21.5 Å². The van der Waals surface area contributed by atoms with Gasteiger partial charge in [0.25, 0.3) is 0 Å². The van der Waals surface area contributed by atoms with E-state index in [-0.39, 0.29) is 5.56 Å². The first-order chi connectivity index (χ1) is 16.0. The van der Waals surface area contributed by atoms with E-state index in [4.69, 9.17) is 0 Å². The Morgan fingerprint density at radius 3 is 2.45 bits per heavy atom. The van der Waals surface area contributed by atoms with E-state index in [2.05, 4.69) is 20.4 Å². The maximum Gasteiger partial charge on any atom is 0.337 e. The van der Waals surface area contributed by atoms with E-state index in [0.29, 0.717) is 11.5 Å². The lowest BCUT2D eigenvalue weighted by Gasteiger charge is -2.17. The van der Waals surface area contributed by atoms with Crippen LogP contribution in [0.25, 0.3) is 27.8 Å². The smallest absolute Gasteiger partial charge is 0.337 e. The lowest BCUT2D eigenvalue weighted by atomic mass is 10.1. The summed E-state index contributed by atoms with van der Waals surface area (Å²) in [6, 6.07) is 19.0. The first kappa shape index (κ1) is 20.4. The van der Waals surface area contributed by atoms with E-state index >= 15 is 0 Å². The zero-order chi connectivity index (χ0) is 22.9. The van der Waals surface area contributed by atoms with E-state index < -0.39 is 5.97 Å². The number of aromatic nitrogens is 4. The Balaban J connectivity index is 1.73. The SMILES string of the molecule is Cc1ccccc1-n1ncc(-c2ccc3nccnc3c2)c1Nc1c(C)cccc1C(=O)O. The normalized spacial score (nSPS) is 11.0. The third-order valence-corrected chi connectivity index (χ3v) is 5.64. The molecule has 2 heterocycles. The largest absolute Gasteiger partial charge is 0.478 e. The summed E-state index contributed by atoms with van der Waals surface area (Å²) in [6.45, 7) is 3.90. The van der Waals surface area contributed by atoms with Gasteiger partial charge in [0, 0.05) is 18.0 Å². The van der Waals surface area contributed by atoms with Gasteiger partial charge in [0.1, 0.15) is 5.82 Å². The number of anilines is 2. The number of carboxylic acid groups (broad SMARTS) is 1. The van der Waals surface area contributed by atoms with Crippen molar-refractivity contribution in [2.75, 3.05) is 5.32 Å². The van der Waals surface area contributed by atoms with Crippen LogP contribution in [-0.2, 0) is 0 Å². The van der Waals surface area contributed by atoms with Crippen LogP contribution in [0.5, 0.6) is 0 Å². The second kappa shape index (κ2) is 8.20. The van der Waals surface area contributed by atoms with Gasteiger partial charge >= 0.3 is 5.97 Å². The number of hydrogen-bond donors (Lipinski definition) is 2. The standard InChI is InChI=1S/C26H21N5O2/c1-16-6-3-4-9-23(16)31-25(30-24-17(2)7-5-8-19(24)26(32)33)20(15-29-31)18-10-11-21-22(14-18)28-13-12-27-21/h3-15,30H,1-2H3,(H,32,33). The van der Waals surface area contributed by atoms with Gasteiger partial charge in [-0.3, -0.25) is 9.97 Å². The fourth-order valence-corrected chi connectivity index (χ4v) is 3.92. The number of aryl methyl sites for hydroxylation is 2. The summed E-state index contributed by atoms with van der Waals surface area (Å²) < 4.78 is 1.81. The number of nitrogens with zero attached hydrogens (tertiary/aromatic N) is 4. The van der Waals surface area contributed by atoms with Gasteiger partial charge in [0.15, 0.2) is 0 Å². The Bertz CT molecular complexity index is 1510. The van der Waals surface area contributed by atoms with Crippen molar-refractivity contribution in [2.45, 2.75) is 13.8 Å². The highest BCUT2D eigenvalue weighted by Crippen LogP contribution is 2.35. The average molecular weight is 435 g/mol. The molecule has 0 fully saturated rings. The van der Waals surface area contributed by atoms with Crippen molar-refractivity contribution in [2.24, 2.45) is 0 Å². The van der Waals surface area contributed by atoms with E-state index in [0.717, 1.165) is 39.0 Å². The molecule has 0 bridgehead atoms. The van der Waals surface area contributed by atoms with Crippen molar-refractivity contribution in [3.63, 3.8) is 0 Å². The van der Waals surface area contributed by atoms with Crippen LogP contribution >= 0.6 is 0 Å². The quantitative estimate of drug-likeness (QED) is 0.376. The molecule has 0 aliphatic rings. The van der Waals surface area contributed by atoms with Gasteiger partial charge in [0.05, 0.1) is 34.2 Å². The maximum absolute atomic E-state index is 11.9. The second-order valence-electron chi connectivity index (χ2n) is 7.79. The second-order valence-corrected chi connectivity index (χ2v) is 7.79. The molecule has 0 radical (unpaired) electrons. The lowest BCUT2D eigenvalue weighted by Crippen LogP contribution is -2.09. The Hall–Kier alpha value is -4.52. The summed E-state index contributed by atoms with van der Waals surface area (Å²) in [5, 5.41) is 17.8. The molecule has 3 aromatic carbocycles. The van der Waals surface area contributed by atoms with E-state index in [1.807, 2.05) is 67.1 Å². The van der Waals surface area contributed by atoms with Crippen LogP contribution in [0.4, 0.5) is 11.5 Å². The molecular weight excluding hydrogens is 414 g/mol. The minimum Gasteiger partial charge on any atom is -0.478 e. The van der Waals surface area contributed by atoms with Gasteiger partial charge in [0.2, 0.25) is 0 Å². The maximum atomic E-state index is 11.9. The molecule has 2 aromatic heterocycles. The molecule has 5 rings (SSSR count). The third kappa shape index (κ3) is 3.70. The average Bonchev–Trinajstić information content (AvgIpc) is 3.23. The zero-order valence-electron chi connectivity index (χ0n) is 18.1. The number of hydrogen-bond acceptors (Lipinski definition) is 5. The summed E-state index contributed by atoms with van der Waals surface area (Å²) in [5.41, 5.74) is 6.79. The highest BCUT2D eigenvalue weighted by atomic mass is 16.4. The van der Waals surface area contributed by atoms with Gasteiger partial charge in [-0.2, -0.15) is 5.10 Å². The first-order valence-electron chi connectivity index (χ1n) is 10.5. The molecule has 0 aliphatic heterocycles. The molecule has 162 valence electrons. The number of carboxylic acids is 1. The van der Waals surface area contributed by atoms with Crippen molar-refractivity contribution in [3.8, 4) is 16.8 Å². The van der Waals surface area contributed by atoms with Crippen molar-refractivity contribution < 1.29 is 9.90 Å². The minimum absolute atomic E-state index is 0.197. The molecule has 0 saturated carbocycles. The van der Waals surface area contributed by atoms with Gasteiger partial charge < -0.3 is 10.4 Å². The topological polar surface area (TPSA) is 92.9 Å². The number of nitrogens with one attached hydrogen (secondary N) is 1. The molecule has 33 heavy (non-hydrogen) atoms. The molecule has 0 unspecified atom stereocenters. The molecule has 0 atom stereocenters. The Morgan fingerprint density at radius 2 is 1.67 bits per heavy atom. The predicted octanol–water partition coefficient (Wildman–Crippen LogP) is 5.54. The van der Waals surface area contributed by atoms with Gasteiger partial charge in [-0.05, 0) is 54.8 Å². The fraction of sp³-hybridized carbons (Fsp3) is 0.0769. The number of benzene rings is 3. The molecule has 2 N–H and O–H groups in total. The third-order valence-electron chi connectivity index (χ3n) is 5.64. The number of aromatic carboxylic acids is 1. The van der Waals surface area contributed by atoms with Crippen molar-refractivity contribution >= 4 is 28.5 Å². The molecule has 0 saturated heterocycles. The number of fused-ring (bicyclic) bond motifs is 1. The Labute approximate surface area is 190 Å². The molecule has 0 amide bonds. The van der Waals surface area contributed by atoms with Crippen LogP contribution in [0.15, 0.2) is 79.3 Å². The summed E-state index contributed by atoms with van der Waals surface area (Å²) >= 11 is 0. The molecule has 0 aliphatic carbocycles. The number of para-hydroxylation sites is 2. The highest BCUT2D eigenvalue weighted by Gasteiger charge is 2.20. The molecule has 5 aromatic rings.